The maximum Gasteiger partial charge on any atom is 0.233 e. The number of carbonyl (C=O) groups excluding carboxylic acids is 1. The molecular formula is C24H30ClN3O3S2. The molecule has 3 aromatic rings. The number of likely N-dealkylation sites (N-methyl/N-ethyl adjacent to an activating group) is 1. The van der Waals surface area contributed by atoms with Crippen molar-refractivity contribution in [2.24, 2.45) is 0 Å². The van der Waals surface area contributed by atoms with Crippen molar-refractivity contribution in [1.29, 1.82) is 0 Å². The van der Waals surface area contributed by atoms with Crippen LogP contribution in [0.4, 0.5) is 5.13 Å². The SMILES string of the molecule is CCN(CC)CCN(C(=O)Cc1ccc(S(=O)(=O)C(C)C)cc1)c1nc2ccc(Cl)cc2s1. The maximum absolute atomic E-state index is 13.4. The van der Waals surface area contributed by atoms with E-state index in [0.717, 1.165) is 35.4 Å². The number of amides is 1. The molecule has 0 bridgehead atoms. The standard InChI is InChI=1S/C24H30ClN3O3S2/c1-5-27(6-2)13-14-28(24-26-21-12-9-19(25)16-22(21)32-24)23(29)15-18-7-10-20(11-8-18)33(30,31)17(3)4/h7-12,16-17H,5-6,13-15H2,1-4H3. The molecule has 6 nitrogen and oxygen atoms in total. The molecule has 2 aromatic carbocycles. The van der Waals surface area contributed by atoms with Gasteiger partial charge in [-0.15, -0.1) is 0 Å². The van der Waals surface area contributed by atoms with Gasteiger partial charge in [-0.2, -0.15) is 0 Å². The van der Waals surface area contributed by atoms with Crippen molar-refractivity contribution in [2.75, 3.05) is 31.1 Å². The van der Waals surface area contributed by atoms with Gasteiger partial charge in [-0.3, -0.25) is 9.69 Å². The van der Waals surface area contributed by atoms with Crippen molar-refractivity contribution in [3.05, 3.63) is 53.1 Å². The third kappa shape index (κ3) is 6.12. The van der Waals surface area contributed by atoms with Gasteiger partial charge in [-0.25, -0.2) is 13.4 Å². The summed E-state index contributed by atoms with van der Waals surface area (Å²) in [5, 5.41) is 0.784. The molecule has 178 valence electrons. The van der Waals surface area contributed by atoms with Gasteiger partial charge in [0.25, 0.3) is 0 Å². The molecule has 0 atom stereocenters. The van der Waals surface area contributed by atoms with E-state index in [4.69, 9.17) is 11.6 Å². The third-order valence-electron chi connectivity index (χ3n) is 5.63. The Morgan fingerprint density at radius 2 is 1.73 bits per heavy atom. The molecule has 0 fully saturated rings. The number of carbonyl (C=O) groups is 1. The van der Waals surface area contributed by atoms with Crippen molar-refractivity contribution in [2.45, 2.75) is 44.3 Å². The summed E-state index contributed by atoms with van der Waals surface area (Å²) in [6, 6.07) is 12.1. The van der Waals surface area contributed by atoms with Crippen LogP contribution in [-0.2, 0) is 21.1 Å². The van der Waals surface area contributed by atoms with Crippen molar-refractivity contribution in [1.82, 2.24) is 9.88 Å². The van der Waals surface area contributed by atoms with Crippen LogP contribution in [0, 0.1) is 0 Å². The number of anilines is 1. The number of hydrogen-bond acceptors (Lipinski definition) is 6. The molecule has 0 saturated heterocycles. The monoisotopic (exact) mass is 507 g/mol. The Bertz CT molecular complexity index is 1200. The first-order valence-corrected chi connectivity index (χ1v) is 13.8. The van der Waals surface area contributed by atoms with Gasteiger partial charge < -0.3 is 4.90 Å². The number of nitrogens with zero attached hydrogens (tertiary/aromatic N) is 3. The second-order valence-electron chi connectivity index (χ2n) is 8.10. The second-order valence-corrected chi connectivity index (χ2v) is 12.0. The van der Waals surface area contributed by atoms with Crippen LogP contribution in [0.2, 0.25) is 5.02 Å². The van der Waals surface area contributed by atoms with E-state index in [2.05, 4.69) is 23.7 Å². The fraction of sp³-hybridized carbons (Fsp3) is 0.417. The van der Waals surface area contributed by atoms with Gasteiger partial charge in [-0.1, -0.05) is 48.9 Å². The first-order valence-electron chi connectivity index (χ1n) is 11.1. The Morgan fingerprint density at radius 1 is 1.06 bits per heavy atom. The number of sulfone groups is 1. The van der Waals surface area contributed by atoms with Gasteiger partial charge >= 0.3 is 0 Å². The lowest BCUT2D eigenvalue weighted by molar-refractivity contribution is -0.118. The molecule has 0 aliphatic heterocycles. The zero-order valence-electron chi connectivity index (χ0n) is 19.4. The summed E-state index contributed by atoms with van der Waals surface area (Å²) in [4.78, 5) is 22.3. The number of rotatable bonds is 10. The van der Waals surface area contributed by atoms with Crippen LogP contribution >= 0.6 is 22.9 Å². The Labute approximate surface area is 205 Å². The van der Waals surface area contributed by atoms with E-state index in [1.54, 1.807) is 49.1 Å². The molecule has 1 heterocycles. The minimum atomic E-state index is -3.34. The topological polar surface area (TPSA) is 70.6 Å². The smallest absolute Gasteiger partial charge is 0.233 e. The van der Waals surface area contributed by atoms with E-state index >= 15 is 0 Å². The van der Waals surface area contributed by atoms with Gasteiger partial charge in [0.2, 0.25) is 5.91 Å². The molecule has 1 amide bonds. The predicted octanol–water partition coefficient (Wildman–Crippen LogP) is 5.05. The second kappa shape index (κ2) is 11.0. The van der Waals surface area contributed by atoms with Crippen LogP contribution in [0.5, 0.6) is 0 Å². The molecule has 33 heavy (non-hydrogen) atoms. The number of halogens is 1. The van der Waals surface area contributed by atoms with E-state index in [1.807, 2.05) is 12.1 Å². The van der Waals surface area contributed by atoms with E-state index in [1.165, 1.54) is 11.3 Å². The fourth-order valence-corrected chi connectivity index (χ4v) is 5.79. The lowest BCUT2D eigenvalue weighted by atomic mass is 10.1. The van der Waals surface area contributed by atoms with E-state index < -0.39 is 15.1 Å². The highest BCUT2D eigenvalue weighted by atomic mass is 35.5. The minimum absolute atomic E-state index is 0.0771. The lowest BCUT2D eigenvalue weighted by Gasteiger charge is -2.24. The zero-order valence-corrected chi connectivity index (χ0v) is 21.8. The minimum Gasteiger partial charge on any atom is -0.302 e. The van der Waals surface area contributed by atoms with Crippen molar-refractivity contribution < 1.29 is 13.2 Å². The van der Waals surface area contributed by atoms with Crippen LogP contribution in [0.3, 0.4) is 0 Å². The van der Waals surface area contributed by atoms with E-state index in [-0.39, 0.29) is 17.2 Å². The molecule has 9 heteroatoms. The van der Waals surface area contributed by atoms with Crippen LogP contribution in [0.25, 0.3) is 10.2 Å². The van der Waals surface area contributed by atoms with Gasteiger partial charge in [0.15, 0.2) is 15.0 Å². The van der Waals surface area contributed by atoms with E-state index in [0.29, 0.717) is 16.7 Å². The Hall–Kier alpha value is -2.00. The maximum atomic E-state index is 13.4. The van der Waals surface area contributed by atoms with Crippen molar-refractivity contribution in [3.63, 3.8) is 0 Å². The average Bonchev–Trinajstić information content (AvgIpc) is 3.19. The Morgan fingerprint density at radius 3 is 2.33 bits per heavy atom. The highest BCUT2D eigenvalue weighted by molar-refractivity contribution is 7.92. The number of fused-ring (bicyclic) bond motifs is 1. The molecule has 0 radical (unpaired) electrons. The molecule has 0 aliphatic rings. The van der Waals surface area contributed by atoms with Crippen LogP contribution < -0.4 is 4.90 Å². The molecule has 0 unspecified atom stereocenters. The first-order chi connectivity index (χ1) is 15.6. The van der Waals surface area contributed by atoms with Crippen molar-refractivity contribution >= 4 is 54.0 Å². The van der Waals surface area contributed by atoms with Gasteiger partial charge in [0, 0.05) is 18.1 Å². The zero-order chi connectivity index (χ0) is 24.2. The van der Waals surface area contributed by atoms with Crippen molar-refractivity contribution in [3.8, 4) is 0 Å². The first kappa shape index (κ1) is 25.6. The lowest BCUT2D eigenvalue weighted by Crippen LogP contribution is -2.39. The predicted molar refractivity (Wildman–Crippen MR) is 137 cm³/mol. The Balaban J connectivity index is 1.85. The molecule has 0 aliphatic carbocycles. The highest BCUT2D eigenvalue weighted by Gasteiger charge is 2.22. The quantitative estimate of drug-likeness (QED) is 0.384. The van der Waals surface area contributed by atoms with Crippen LogP contribution in [0.1, 0.15) is 33.3 Å². The summed E-state index contributed by atoms with van der Waals surface area (Å²) in [6.45, 7) is 10.6. The summed E-state index contributed by atoms with van der Waals surface area (Å²) in [5.74, 6) is -0.0771. The molecule has 1 aromatic heterocycles. The van der Waals surface area contributed by atoms with Gasteiger partial charge in [0.1, 0.15) is 0 Å². The number of hydrogen-bond donors (Lipinski definition) is 0. The normalized spacial score (nSPS) is 12.1. The third-order valence-corrected chi connectivity index (χ3v) is 9.08. The number of benzene rings is 2. The Kier molecular flexibility index (Phi) is 8.50. The summed E-state index contributed by atoms with van der Waals surface area (Å²) in [5.41, 5.74) is 1.57. The summed E-state index contributed by atoms with van der Waals surface area (Å²) in [6.07, 6.45) is 0.164. The number of thiazole rings is 1. The molecule has 3 rings (SSSR count). The number of aromatic nitrogens is 1. The summed E-state index contributed by atoms with van der Waals surface area (Å²) < 4.78 is 25.7. The summed E-state index contributed by atoms with van der Waals surface area (Å²) in [7, 11) is -3.34. The highest BCUT2D eigenvalue weighted by Crippen LogP contribution is 2.31. The molecule has 0 spiro atoms. The average molecular weight is 508 g/mol. The molecular weight excluding hydrogens is 478 g/mol. The van der Waals surface area contributed by atoms with Gasteiger partial charge in [-0.05, 0) is 62.8 Å². The fourth-order valence-electron chi connectivity index (χ4n) is 3.45. The molecule has 0 N–H and O–H groups in total. The van der Waals surface area contributed by atoms with Crippen LogP contribution in [-0.4, -0.2) is 55.6 Å². The largest absolute Gasteiger partial charge is 0.302 e. The van der Waals surface area contributed by atoms with Crippen LogP contribution in [0.15, 0.2) is 47.4 Å². The molecule has 0 saturated carbocycles. The van der Waals surface area contributed by atoms with Gasteiger partial charge in [0.05, 0.1) is 26.8 Å². The van der Waals surface area contributed by atoms with E-state index in [9.17, 15) is 13.2 Å². The summed E-state index contributed by atoms with van der Waals surface area (Å²) >= 11 is 7.58.